The molecule has 0 aliphatic heterocycles. The summed E-state index contributed by atoms with van der Waals surface area (Å²) in [6.07, 6.45) is 2.36. The minimum Gasteiger partial charge on any atom is -0.481 e. The molecule has 2 rings (SSSR count). The highest BCUT2D eigenvalue weighted by molar-refractivity contribution is 6.30. The third-order valence-corrected chi connectivity index (χ3v) is 3.20. The van der Waals surface area contributed by atoms with Gasteiger partial charge >= 0.3 is 0 Å². The summed E-state index contributed by atoms with van der Waals surface area (Å²) < 4.78 is 7.42. The topological polar surface area (TPSA) is 57.0 Å². The van der Waals surface area contributed by atoms with Gasteiger partial charge in [0.2, 0.25) is 0 Å². The molecule has 1 aromatic heterocycles. The molecule has 0 amide bonds. The van der Waals surface area contributed by atoms with Crippen molar-refractivity contribution in [3.05, 3.63) is 41.9 Å². The highest BCUT2D eigenvalue weighted by Crippen LogP contribution is 2.23. The molecule has 0 bridgehead atoms. The monoisotopic (exact) mass is 307 g/mol. The van der Waals surface area contributed by atoms with E-state index in [1.165, 1.54) is 6.33 Å². The number of rotatable bonds is 5. The minimum absolute atomic E-state index is 0.00736. The third kappa shape index (κ3) is 4.29. The van der Waals surface area contributed by atoms with Gasteiger partial charge in [0.05, 0.1) is 6.54 Å². The molecule has 0 aliphatic rings. The van der Waals surface area contributed by atoms with Crippen molar-refractivity contribution in [3.63, 3.8) is 0 Å². The number of hydrogen-bond donors (Lipinski definition) is 0. The SMILES string of the molecule is CC(C)(C)C(=O)C(Cn1cncn1)Oc1ccc(Cl)cc1. The Morgan fingerprint density at radius 3 is 2.52 bits per heavy atom. The molecule has 6 heteroatoms. The molecular formula is C15H18ClN3O2. The summed E-state index contributed by atoms with van der Waals surface area (Å²) in [7, 11) is 0. The van der Waals surface area contributed by atoms with Crippen molar-refractivity contribution >= 4 is 17.4 Å². The van der Waals surface area contributed by atoms with Gasteiger partial charge in [0.25, 0.3) is 0 Å². The first-order valence-corrected chi connectivity index (χ1v) is 7.03. The first kappa shape index (κ1) is 15.5. The van der Waals surface area contributed by atoms with Gasteiger partial charge in [0, 0.05) is 10.4 Å². The molecule has 112 valence electrons. The lowest BCUT2D eigenvalue weighted by Gasteiger charge is -2.25. The van der Waals surface area contributed by atoms with E-state index in [2.05, 4.69) is 10.1 Å². The first-order valence-electron chi connectivity index (χ1n) is 6.65. The number of carbonyl (C=O) groups is 1. The number of Topliss-reactive ketones (excluding diaryl/α,β-unsaturated/α-hetero) is 1. The fourth-order valence-corrected chi connectivity index (χ4v) is 1.96. The van der Waals surface area contributed by atoms with Crippen LogP contribution < -0.4 is 4.74 Å². The molecule has 1 aromatic carbocycles. The average Bonchev–Trinajstić information content (AvgIpc) is 2.91. The molecule has 1 atom stereocenters. The zero-order chi connectivity index (χ0) is 15.5. The fraction of sp³-hybridized carbons (Fsp3) is 0.400. The summed E-state index contributed by atoms with van der Waals surface area (Å²) in [5, 5.41) is 4.65. The Hall–Kier alpha value is -1.88. The predicted octanol–water partition coefficient (Wildman–Crippen LogP) is 2.99. The average molecular weight is 308 g/mol. The number of carbonyl (C=O) groups excluding carboxylic acids is 1. The summed E-state index contributed by atoms with van der Waals surface area (Å²) in [5.74, 6) is 0.607. The second-order valence-corrected chi connectivity index (χ2v) is 6.23. The van der Waals surface area contributed by atoms with Gasteiger partial charge in [-0.25, -0.2) is 9.67 Å². The van der Waals surface area contributed by atoms with Crippen LogP contribution >= 0.6 is 11.6 Å². The molecule has 0 fully saturated rings. The number of hydrogen-bond acceptors (Lipinski definition) is 4. The fourth-order valence-electron chi connectivity index (χ4n) is 1.83. The number of ketones is 1. The van der Waals surface area contributed by atoms with Gasteiger partial charge in [0.1, 0.15) is 18.4 Å². The van der Waals surface area contributed by atoms with E-state index in [1.807, 2.05) is 20.8 Å². The molecule has 0 radical (unpaired) electrons. The lowest BCUT2D eigenvalue weighted by molar-refractivity contribution is -0.134. The zero-order valence-electron chi connectivity index (χ0n) is 12.3. The Morgan fingerprint density at radius 1 is 1.33 bits per heavy atom. The highest BCUT2D eigenvalue weighted by atomic mass is 35.5. The standard InChI is InChI=1S/C15H18ClN3O2/c1-15(2,3)14(20)13(8-19-10-17-9-18-19)21-12-6-4-11(16)5-7-12/h4-7,9-10,13H,8H2,1-3H3. The normalized spacial score (nSPS) is 13.0. The summed E-state index contributed by atoms with van der Waals surface area (Å²) in [6, 6.07) is 6.94. The van der Waals surface area contributed by atoms with Crippen LogP contribution in [0.1, 0.15) is 20.8 Å². The van der Waals surface area contributed by atoms with Gasteiger partial charge < -0.3 is 4.74 Å². The molecule has 0 spiro atoms. The molecule has 1 unspecified atom stereocenters. The van der Waals surface area contributed by atoms with Crippen molar-refractivity contribution in [1.82, 2.24) is 14.8 Å². The van der Waals surface area contributed by atoms with E-state index in [4.69, 9.17) is 16.3 Å². The summed E-state index contributed by atoms with van der Waals surface area (Å²) in [6.45, 7) is 5.93. The van der Waals surface area contributed by atoms with E-state index in [0.29, 0.717) is 17.3 Å². The molecular weight excluding hydrogens is 290 g/mol. The number of benzene rings is 1. The molecule has 0 saturated heterocycles. The Morgan fingerprint density at radius 2 is 2.00 bits per heavy atom. The number of aromatic nitrogens is 3. The van der Waals surface area contributed by atoms with Gasteiger partial charge in [-0.15, -0.1) is 0 Å². The van der Waals surface area contributed by atoms with E-state index in [-0.39, 0.29) is 5.78 Å². The Bertz CT molecular complexity index is 588. The molecule has 0 N–H and O–H groups in total. The summed E-state index contributed by atoms with van der Waals surface area (Å²) in [5.41, 5.74) is -0.502. The van der Waals surface area contributed by atoms with E-state index >= 15 is 0 Å². The lowest BCUT2D eigenvalue weighted by Crippen LogP contribution is -2.39. The minimum atomic E-state index is -0.632. The van der Waals surface area contributed by atoms with Gasteiger partial charge in [-0.05, 0) is 24.3 Å². The van der Waals surface area contributed by atoms with Gasteiger partial charge in [0.15, 0.2) is 11.9 Å². The van der Waals surface area contributed by atoms with Crippen LogP contribution in [0.25, 0.3) is 0 Å². The van der Waals surface area contributed by atoms with Crippen molar-refractivity contribution in [2.45, 2.75) is 33.4 Å². The van der Waals surface area contributed by atoms with Gasteiger partial charge in [-0.2, -0.15) is 5.10 Å². The largest absolute Gasteiger partial charge is 0.481 e. The van der Waals surface area contributed by atoms with Gasteiger partial charge in [-0.1, -0.05) is 32.4 Å². The maximum Gasteiger partial charge on any atom is 0.180 e. The van der Waals surface area contributed by atoms with Crippen LogP contribution in [0.3, 0.4) is 0 Å². The van der Waals surface area contributed by atoms with Crippen LogP contribution in [0.2, 0.25) is 5.02 Å². The number of nitrogens with zero attached hydrogens (tertiary/aromatic N) is 3. The van der Waals surface area contributed by atoms with Crippen molar-refractivity contribution < 1.29 is 9.53 Å². The van der Waals surface area contributed by atoms with Crippen LogP contribution in [-0.4, -0.2) is 26.7 Å². The molecule has 21 heavy (non-hydrogen) atoms. The molecule has 1 heterocycles. The smallest absolute Gasteiger partial charge is 0.180 e. The zero-order valence-corrected chi connectivity index (χ0v) is 13.0. The van der Waals surface area contributed by atoms with Crippen LogP contribution in [-0.2, 0) is 11.3 Å². The maximum atomic E-state index is 12.5. The summed E-state index contributed by atoms with van der Waals surface area (Å²) >= 11 is 5.85. The number of ether oxygens (including phenoxy) is 1. The lowest BCUT2D eigenvalue weighted by atomic mass is 9.87. The van der Waals surface area contributed by atoms with Gasteiger partial charge in [-0.3, -0.25) is 4.79 Å². The Kier molecular flexibility index (Phi) is 4.63. The van der Waals surface area contributed by atoms with E-state index in [1.54, 1.807) is 35.3 Å². The third-order valence-electron chi connectivity index (χ3n) is 2.94. The van der Waals surface area contributed by atoms with E-state index < -0.39 is 11.5 Å². The quantitative estimate of drug-likeness (QED) is 0.852. The Balaban J connectivity index is 2.18. The second kappa shape index (κ2) is 6.26. The highest BCUT2D eigenvalue weighted by Gasteiger charge is 2.31. The van der Waals surface area contributed by atoms with Crippen molar-refractivity contribution in [1.29, 1.82) is 0 Å². The molecule has 0 saturated carbocycles. The van der Waals surface area contributed by atoms with Crippen molar-refractivity contribution in [2.75, 3.05) is 0 Å². The van der Waals surface area contributed by atoms with Crippen LogP contribution in [0.15, 0.2) is 36.9 Å². The van der Waals surface area contributed by atoms with Crippen molar-refractivity contribution in [3.8, 4) is 5.75 Å². The number of halogens is 1. The predicted molar refractivity (Wildman–Crippen MR) is 80.4 cm³/mol. The van der Waals surface area contributed by atoms with Crippen molar-refractivity contribution in [2.24, 2.45) is 5.41 Å². The van der Waals surface area contributed by atoms with Crippen LogP contribution in [0, 0.1) is 5.41 Å². The van der Waals surface area contributed by atoms with Crippen LogP contribution in [0.5, 0.6) is 5.75 Å². The van der Waals surface area contributed by atoms with E-state index in [9.17, 15) is 4.79 Å². The van der Waals surface area contributed by atoms with Crippen LogP contribution in [0.4, 0.5) is 0 Å². The molecule has 0 aliphatic carbocycles. The molecule has 5 nitrogen and oxygen atoms in total. The summed E-state index contributed by atoms with van der Waals surface area (Å²) in [4.78, 5) is 16.4. The Labute approximate surface area is 128 Å². The first-order chi connectivity index (χ1) is 9.86. The maximum absolute atomic E-state index is 12.5. The van der Waals surface area contributed by atoms with E-state index in [0.717, 1.165) is 0 Å². The second-order valence-electron chi connectivity index (χ2n) is 5.79. The molecule has 2 aromatic rings.